The molecule has 2 aromatic rings. The highest BCUT2D eigenvalue weighted by atomic mass is 35.5. The lowest BCUT2D eigenvalue weighted by Gasteiger charge is -2.23. The summed E-state index contributed by atoms with van der Waals surface area (Å²) < 4.78 is 19.7. The maximum atomic E-state index is 14.3. The van der Waals surface area contributed by atoms with Crippen molar-refractivity contribution in [2.24, 2.45) is 0 Å². The predicted octanol–water partition coefficient (Wildman–Crippen LogP) is 4.66. The van der Waals surface area contributed by atoms with Crippen LogP contribution in [-0.4, -0.2) is 21.6 Å². The molecule has 3 rings (SSSR count). The standard InChI is InChI=1S/C19H17ClFN3O2/c1-19(2,3)26-18(25)24-9-12-13(20)7-15(23-16(12)10-24)17-11(8-22)5-4-6-14(17)21/h4-7H,9-10H2,1-3H3. The van der Waals surface area contributed by atoms with Crippen LogP contribution in [0.25, 0.3) is 11.3 Å². The van der Waals surface area contributed by atoms with Gasteiger partial charge in [0.2, 0.25) is 0 Å². The Hall–Kier alpha value is -2.65. The van der Waals surface area contributed by atoms with Gasteiger partial charge in [-0.1, -0.05) is 17.7 Å². The molecule has 1 aliphatic rings. The lowest BCUT2D eigenvalue weighted by atomic mass is 10.0. The second-order valence-electron chi connectivity index (χ2n) is 7.03. The van der Waals surface area contributed by atoms with Gasteiger partial charge in [0.15, 0.2) is 0 Å². The van der Waals surface area contributed by atoms with Crippen LogP contribution in [0.4, 0.5) is 9.18 Å². The quantitative estimate of drug-likeness (QED) is 0.728. The van der Waals surface area contributed by atoms with E-state index in [2.05, 4.69) is 4.98 Å². The minimum Gasteiger partial charge on any atom is -0.444 e. The number of aromatic nitrogens is 1. The van der Waals surface area contributed by atoms with Gasteiger partial charge in [-0.2, -0.15) is 5.26 Å². The van der Waals surface area contributed by atoms with E-state index in [9.17, 15) is 14.4 Å². The molecule has 0 atom stereocenters. The van der Waals surface area contributed by atoms with E-state index >= 15 is 0 Å². The molecule has 0 N–H and O–H groups in total. The third-order valence-electron chi connectivity index (χ3n) is 3.89. The molecule has 0 saturated heterocycles. The Balaban J connectivity index is 1.97. The third kappa shape index (κ3) is 3.49. The summed E-state index contributed by atoms with van der Waals surface area (Å²) in [6.07, 6.45) is -0.461. The fourth-order valence-corrected chi connectivity index (χ4v) is 3.05. The van der Waals surface area contributed by atoms with Gasteiger partial charge in [0, 0.05) is 10.6 Å². The summed E-state index contributed by atoms with van der Waals surface area (Å²) in [6, 6.07) is 7.75. The Bertz CT molecular complexity index is 932. The molecule has 0 unspecified atom stereocenters. The van der Waals surface area contributed by atoms with Gasteiger partial charge in [0.05, 0.1) is 41.7 Å². The minimum absolute atomic E-state index is 0.107. The number of hydrogen-bond donors (Lipinski definition) is 0. The lowest BCUT2D eigenvalue weighted by molar-refractivity contribution is 0.0240. The summed E-state index contributed by atoms with van der Waals surface area (Å²) in [5.74, 6) is -0.547. The van der Waals surface area contributed by atoms with Crippen molar-refractivity contribution >= 4 is 17.7 Å². The van der Waals surface area contributed by atoms with E-state index in [1.165, 1.54) is 29.2 Å². The number of carbonyl (C=O) groups excluding carboxylic acids is 1. The average Bonchev–Trinajstić information content (AvgIpc) is 2.97. The predicted molar refractivity (Wildman–Crippen MR) is 94.8 cm³/mol. The highest BCUT2D eigenvalue weighted by Gasteiger charge is 2.31. The number of pyridine rings is 1. The van der Waals surface area contributed by atoms with Gasteiger partial charge in [-0.15, -0.1) is 0 Å². The van der Waals surface area contributed by atoms with Crippen LogP contribution in [0.1, 0.15) is 37.6 Å². The Morgan fingerprint density at radius 3 is 2.77 bits per heavy atom. The van der Waals surface area contributed by atoms with E-state index in [1.54, 1.807) is 20.8 Å². The first-order chi connectivity index (χ1) is 12.2. The van der Waals surface area contributed by atoms with Crippen molar-refractivity contribution in [3.8, 4) is 17.3 Å². The Labute approximate surface area is 156 Å². The molecule has 1 amide bonds. The summed E-state index contributed by atoms with van der Waals surface area (Å²) in [5, 5.41) is 9.62. The van der Waals surface area contributed by atoms with Crippen molar-refractivity contribution in [1.29, 1.82) is 5.26 Å². The van der Waals surface area contributed by atoms with E-state index in [0.717, 1.165) is 0 Å². The average molecular weight is 374 g/mol. The maximum Gasteiger partial charge on any atom is 0.410 e. The van der Waals surface area contributed by atoms with E-state index in [1.807, 2.05) is 6.07 Å². The fourth-order valence-electron chi connectivity index (χ4n) is 2.78. The van der Waals surface area contributed by atoms with E-state index < -0.39 is 17.5 Å². The molecule has 1 aliphatic heterocycles. The van der Waals surface area contributed by atoms with Crippen LogP contribution in [0.3, 0.4) is 0 Å². The van der Waals surface area contributed by atoms with Crippen molar-refractivity contribution in [2.75, 3.05) is 0 Å². The summed E-state index contributed by atoms with van der Waals surface area (Å²) in [5.41, 5.74) is 1.23. The first-order valence-corrected chi connectivity index (χ1v) is 8.42. The molecule has 5 nitrogen and oxygen atoms in total. The van der Waals surface area contributed by atoms with Gasteiger partial charge >= 0.3 is 6.09 Å². The van der Waals surface area contributed by atoms with Crippen molar-refractivity contribution < 1.29 is 13.9 Å². The van der Waals surface area contributed by atoms with Crippen molar-refractivity contribution in [2.45, 2.75) is 39.5 Å². The number of nitriles is 1. The largest absolute Gasteiger partial charge is 0.444 e. The minimum atomic E-state index is -0.608. The zero-order valence-electron chi connectivity index (χ0n) is 14.6. The first-order valence-electron chi connectivity index (χ1n) is 8.05. The Morgan fingerprint density at radius 1 is 1.38 bits per heavy atom. The molecular formula is C19H17ClFN3O2. The number of rotatable bonds is 1. The first kappa shape index (κ1) is 18.2. The molecule has 1 aromatic carbocycles. The maximum absolute atomic E-state index is 14.3. The molecule has 0 aliphatic carbocycles. The lowest BCUT2D eigenvalue weighted by Crippen LogP contribution is -2.33. The molecule has 7 heteroatoms. The number of carbonyl (C=O) groups is 1. The molecular weight excluding hydrogens is 357 g/mol. The highest BCUT2D eigenvalue weighted by molar-refractivity contribution is 6.31. The van der Waals surface area contributed by atoms with Crippen molar-refractivity contribution in [3.63, 3.8) is 0 Å². The van der Waals surface area contributed by atoms with Crippen LogP contribution in [0.5, 0.6) is 0 Å². The number of fused-ring (bicyclic) bond motifs is 1. The second kappa shape index (κ2) is 6.58. The molecule has 0 saturated carbocycles. The van der Waals surface area contributed by atoms with Crippen LogP contribution in [0.2, 0.25) is 5.02 Å². The smallest absolute Gasteiger partial charge is 0.410 e. The SMILES string of the molecule is CC(C)(C)OC(=O)N1Cc2nc(-c3c(F)cccc3C#N)cc(Cl)c2C1. The van der Waals surface area contributed by atoms with Gasteiger partial charge in [0.25, 0.3) is 0 Å². The normalized spacial score (nSPS) is 13.3. The topological polar surface area (TPSA) is 66.2 Å². The number of benzene rings is 1. The fraction of sp³-hybridized carbons (Fsp3) is 0.316. The van der Waals surface area contributed by atoms with Crippen molar-refractivity contribution in [3.05, 3.63) is 51.9 Å². The summed E-state index contributed by atoms with van der Waals surface area (Å²) in [4.78, 5) is 18.2. The zero-order chi connectivity index (χ0) is 19.1. The Morgan fingerprint density at radius 2 is 2.12 bits per heavy atom. The molecule has 0 bridgehead atoms. The number of amides is 1. The van der Waals surface area contributed by atoms with E-state index in [4.69, 9.17) is 16.3 Å². The van der Waals surface area contributed by atoms with Gasteiger partial charge in [-0.3, -0.25) is 9.88 Å². The Kier molecular flexibility index (Phi) is 4.59. The molecule has 26 heavy (non-hydrogen) atoms. The molecule has 0 radical (unpaired) electrons. The third-order valence-corrected chi connectivity index (χ3v) is 4.22. The summed E-state index contributed by atoms with van der Waals surface area (Å²) in [7, 11) is 0. The van der Waals surface area contributed by atoms with Crippen LogP contribution < -0.4 is 0 Å². The van der Waals surface area contributed by atoms with Crippen LogP contribution in [0.15, 0.2) is 24.3 Å². The number of halogens is 2. The highest BCUT2D eigenvalue weighted by Crippen LogP contribution is 2.34. The van der Waals surface area contributed by atoms with Gasteiger partial charge < -0.3 is 4.74 Å². The zero-order valence-corrected chi connectivity index (χ0v) is 15.4. The molecule has 0 spiro atoms. The summed E-state index contributed by atoms with van der Waals surface area (Å²) >= 11 is 6.35. The molecule has 2 heterocycles. The number of ether oxygens (including phenoxy) is 1. The van der Waals surface area contributed by atoms with Gasteiger partial charge in [0.1, 0.15) is 11.4 Å². The van der Waals surface area contributed by atoms with Crippen LogP contribution in [-0.2, 0) is 17.8 Å². The molecule has 134 valence electrons. The van der Waals surface area contributed by atoms with E-state index in [0.29, 0.717) is 16.3 Å². The molecule has 0 fully saturated rings. The second-order valence-corrected chi connectivity index (χ2v) is 7.43. The summed E-state index contributed by atoms with van der Waals surface area (Å²) in [6.45, 7) is 5.87. The van der Waals surface area contributed by atoms with Gasteiger partial charge in [-0.05, 0) is 39.0 Å². The van der Waals surface area contributed by atoms with Gasteiger partial charge in [-0.25, -0.2) is 9.18 Å². The molecule has 1 aromatic heterocycles. The van der Waals surface area contributed by atoms with Crippen LogP contribution >= 0.6 is 11.6 Å². The number of nitrogens with zero attached hydrogens (tertiary/aromatic N) is 3. The van der Waals surface area contributed by atoms with E-state index in [-0.39, 0.29) is 29.9 Å². The number of hydrogen-bond acceptors (Lipinski definition) is 4. The van der Waals surface area contributed by atoms with Crippen LogP contribution in [0, 0.1) is 17.1 Å². The monoisotopic (exact) mass is 373 g/mol. The van der Waals surface area contributed by atoms with Crippen molar-refractivity contribution in [1.82, 2.24) is 9.88 Å².